The van der Waals surface area contributed by atoms with Crippen molar-refractivity contribution in [3.8, 4) is 0 Å². The maximum absolute atomic E-state index is 10.9. The van der Waals surface area contributed by atoms with Crippen molar-refractivity contribution >= 4 is 5.91 Å². The molecule has 1 saturated heterocycles. The molecule has 1 rings (SSSR count). The number of ether oxygens (including phenoxy) is 2. The van der Waals surface area contributed by atoms with Crippen LogP contribution in [0.15, 0.2) is 0 Å². The molecule has 0 radical (unpaired) electrons. The van der Waals surface area contributed by atoms with Crippen LogP contribution in [0.3, 0.4) is 0 Å². The lowest BCUT2D eigenvalue weighted by Gasteiger charge is -2.22. The third-order valence-electron chi connectivity index (χ3n) is 3.17. The molecule has 5 nitrogen and oxygen atoms in total. The van der Waals surface area contributed by atoms with Crippen LogP contribution in [0.1, 0.15) is 26.7 Å². The number of carbonyl (C=O) groups is 1. The van der Waals surface area contributed by atoms with E-state index in [9.17, 15) is 4.79 Å². The summed E-state index contributed by atoms with van der Waals surface area (Å²) < 4.78 is 10.7. The fraction of sp³-hybridized carbons (Fsp3) is 0.909. The second kappa shape index (κ2) is 6.18. The highest BCUT2D eigenvalue weighted by Crippen LogP contribution is 2.18. The van der Waals surface area contributed by atoms with Crippen LogP contribution in [-0.4, -0.2) is 43.9 Å². The minimum Gasteiger partial charge on any atom is -0.380 e. The van der Waals surface area contributed by atoms with Crippen LogP contribution >= 0.6 is 0 Å². The Bertz CT molecular complexity index is 235. The zero-order valence-electron chi connectivity index (χ0n) is 10.2. The van der Waals surface area contributed by atoms with Gasteiger partial charge in [-0.3, -0.25) is 4.79 Å². The maximum atomic E-state index is 10.9. The second-order valence-electron chi connectivity index (χ2n) is 4.36. The molecule has 0 spiro atoms. The SMILES string of the molecule is COC(C)C(C)NCC1CCC(C(N)=O)O1. The highest BCUT2D eigenvalue weighted by atomic mass is 16.5. The van der Waals surface area contributed by atoms with Gasteiger partial charge in [0.05, 0.1) is 12.2 Å². The smallest absolute Gasteiger partial charge is 0.246 e. The molecule has 16 heavy (non-hydrogen) atoms. The number of carbonyl (C=O) groups excluding carboxylic acids is 1. The Morgan fingerprint density at radius 1 is 1.56 bits per heavy atom. The Morgan fingerprint density at radius 2 is 2.25 bits per heavy atom. The zero-order chi connectivity index (χ0) is 12.1. The topological polar surface area (TPSA) is 73.6 Å². The van der Waals surface area contributed by atoms with Gasteiger partial charge in [-0.25, -0.2) is 0 Å². The van der Waals surface area contributed by atoms with E-state index in [1.807, 2.05) is 6.92 Å². The minimum absolute atomic E-state index is 0.0870. The quantitative estimate of drug-likeness (QED) is 0.675. The summed E-state index contributed by atoms with van der Waals surface area (Å²) in [6, 6.07) is 0.265. The second-order valence-corrected chi connectivity index (χ2v) is 4.36. The first kappa shape index (κ1) is 13.4. The largest absolute Gasteiger partial charge is 0.380 e. The predicted molar refractivity (Wildman–Crippen MR) is 61.0 cm³/mol. The van der Waals surface area contributed by atoms with Crippen molar-refractivity contribution in [3.05, 3.63) is 0 Å². The Morgan fingerprint density at radius 3 is 2.75 bits per heavy atom. The molecule has 1 fully saturated rings. The van der Waals surface area contributed by atoms with Gasteiger partial charge in [0.2, 0.25) is 5.91 Å². The monoisotopic (exact) mass is 230 g/mol. The van der Waals surface area contributed by atoms with E-state index in [-0.39, 0.29) is 24.2 Å². The summed E-state index contributed by atoms with van der Waals surface area (Å²) in [5, 5.41) is 3.33. The van der Waals surface area contributed by atoms with Crippen LogP contribution in [0.25, 0.3) is 0 Å². The first-order chi connectivity index (χ1) is 7.54. The number of nitrogens with two attached hydrogens (primary N) is 1. The van der Waals surface area contributed by atoms with Crippen molar-refractivity contribution < 1.29 is 14.3 Å². The van der Waals surface area contributed by atoms with E-state index in [4.69, 9.17) is 15.2 Å². The molecule has 1 heterocycles. The first-order valence-corrected chi connectivity index (χ1v) is 5.75. The normalized spacial score (nSPS) is 28.9. The third kappa shape index (κ3) is 3.73. The summed E-state index contributed by atoms with van der Waals surface area (Å²) in [5.41, 5.74) is 5.18. The Hall–Kier alpha value is -0.650. The lowest BCUT2D eigenvalue weighted by molar-refractivity contribution is -0.128. The molecular weight excluding hydrogens is 208 g/mol. The number of methoxy groups -OCH3 is 1. The van der Waals surface area contributed by atoms with Crippen molar-refractivity contribution in [2.24, 2.45) is 5.73 Å². The summed E-state index contributed by atoms with van der Waals surface area (Å²) in [5.74, 6) is -0.360. The molecule has 1 amide bonds. The van der Waals surface area contributed by atoms with Crippen LogP contribution in [0.2, 0.25) is 0 Å². The molecule has 94 valence electrons. The summed E-state index contributed by atoms with van der Waals surface area (Å²) in [6.07, 6.45) is 1.46. The van der Waals surface area contributed by atoms with Crippen molar-refractivity contribution in [1.29, 1.82) is 0 Å². The van der Waals surface area contributed by atoms with E-state index >= 15 is 0 Å². The number of nitrogens with one attached hydrogen (secondary N) is 1. The molecule has 0 aromatic heterocycles. The van der Waals surface area contributed by atoms with Gasteiger partial charge in [-0.1, -0.05) is 0 Å². The highest BCUT2D eigenvalue weighted by Gasteiger charge is 2.29. The van der Waals surface area contributed by atoms with Crippen LogP contribution in [0, 0.1) is 0 Å². The molecule has 0 bridgehead atoms. The number of primary amides is 1. The Kier molecular flexibility index (Phi) is 5.18. The van der Waals surface area contributed by atoms with Gasteiger partial charge in [0.1, 0.15) is 6.10 Å². The molecule has 5 heteroatoms. The predicted octanol–water partition coefficient (Wildman–Crippen LogP) is 0.0323. The molecular formula is C11H22N2O3. The molecule has 0 aliphatic carbocycles. The zero-order valence-corrected chi connectivity index (χ0v) is 10.2. The Balaban J connectivity index is 2.22. The maximum Gasteiger partial charge on any atom is 0.246 e. The van der Waals surface area contributed by atoms with E-state index in [0.29, 0.717) is 0 Å². The van der Waals surface area contributed by atoms with Crippen molar-refractivity contribution in [1.82, 2.24) is 5.32 Å². The minimum atomic E-state index is -0.401. The fourth-order valence-electron chi connectivity index (χ4n) is 1.75. The van der Waals surface area contributed by atoms with Gasteiger partial charge in [-0.05, 0) is 26.7 Å². The number of rotatable bonds is 6. The van der Waals surface area contributed by atoms with Crippen molar-refractivity contribution in [3.63, 3.8) is 0 Å². The van der Waals surface area contributed by atoms with Gasteiger partial charge in [0.25, 0.3) is 0 Å². The lowest BCUT2D eigenvalue weighted by Crippen LogP contribution is -2.41. The number of amides is 1. The van der Waals surface area contributed by atoms with Crippen molar-refractivity contribution in [2.45, 2.75) is 51.0 Å². The summed E-state index contributed by atoms with van der Waals surface area (Å²) in [6.45, 7) is 4.81. The van der Waals surface area contributed by atoms with Crippen LogP contribution in [0.5, 0.6) is 0 Å². The molecule has 0 saturated carbocycles. The standard InChI is InChI=1S/C11H22N2O3/c1-7(8(2)15-3)13-6-9-4-5-10(16-9)11(12)14/h7-10,13H,4-6H2,1-3H3,(H2,12,14). The van der Waals surface area contributed by atoms with E-state index in [1.165, 1.54) is 0 Å². The van der Waals surface area contributed by atoms with Gasteiger partial charge in [-0.15, -0.1) is 0 Å². The average Bonchev–Trinajstić information content (AvgIpc) is 2.73. The van der Waals surface area contributed by atoms with Gasteiger partial charge < -0.3 is 20.5 Å². The molecule has 0 aromatic carbocycles. The number of hydrogen-bond acceptors (Lipinski definition) is 4. The average molecular weight is 230 g/mol. The van der Waals surface area contributed by atoms with E-state index in [0.717, 1.165) is 19.4 Å². The molecule has 1 aliphatic rings. The summed E-state index contributed by atoms with van der Waals surface area (Å²) in [7, 11) is 1.69. The first-order valence-electron chi connectivity index (χ1n) is 5.75. The fourth-order valence-corrected chi connectivity index (χ4v) is 1.75. The van der Waals surface area contributed by atoms with Crippen LogP contribution in [-0.2, 0) is 14.3 Å². The third-order valence-corrected chi connectivity index (χ3v) is 3.17. The van der Waals surface area contributed by atoms with Crippen LogP contribution in [0.4, 0.5) is 0 Å². The van der Waals surface area contributed by atoms with Gasteiger partial charge in [-0.2, -0.15) is 0 Å². The molecule has 4 unspecified atom stereocenters. The number of hydrogen-bond donors (Lipinski definition) is 2. The summed E-state index contributed by atoms with van der Waals surface area (Å²) in [4.78, 5) is 10.9. The molecule has 3 N–H and O–H groups in total. The van der Waals surface area contributed by atoms with E-state index < -0.39 is 6.10 Å². The van der Waals surface area contributed by atoms with Gasteiger partial charge in [0, 0.05) is 19.7 Å². The highest BCUT2D eigenvalue weighted by molar-refractivity contribution is 5.79. The summed E-state index contributed by atoms with van der Waals surface area (Å²) >= 11 is 0. The van der Waals surface area contributed by atoms with Gasteiger partial charge in [0.15, 0.2) is 0 Å². The van der Waals surface area contributed by atoms with E-state index in [1.54, 1.807) is 7.11 Å². The van der Waals surface area contributed by atoms with Crippen LogP contribution < -0.4 is 11.1 Å². The lowest BCUT2D eigenvalue weighted by atomic mass is 10.1. The molecule has 0 aromatic rings. The van der Waals surface area contributed by atoms with Crippen molar-refractivity contribution in [2.75, 3.05) is 13.7 Å². The van der Waals surface area contributed by atoms with Gasteiger partial charge >= 0.3 is 0 Å². The molecule has 1 aliphatic heterocycles. The van der Waals surface area contributed by atoms with E-state index in [2.05, 4.69) is 12.2 Å². The Labute approximate surface area is 96.7 Å². The molecule has 4 atom stereocenters.